The average molecular weight is 202 g/mol. The number of thioether (sulfide) groups is 1. The molecule has 0 amide bonds. The minimum atomic E-state index is 0.895. The Morgan fingerprint density at radius 3 is 3.00 bits per heavy atom. The van der Waals surface area contributed by atoms with Gasteiger partial charge < -0.3 is 10.2 Å². The van der Waals surface area contributed by atoms with E-state index in [0.29, 0.717) is 0 Å². The number of likely N-dealkylation sites (N-methyl/N-ethyl adjacent to an activating group) is 1. The molecule has 3 heteroatoms. The zero-order valence-corrected chi connectivity index (χ0v) is 9.70. The van der Waals surface area contributed by atoms with Gasteiger partial charge in [-0.15, -0.1) is 0 Å². The Balaban J connectivity index is 1.88. The third kappa shape index (κ3) is 4.89. The van der Waals surface area contributed by atoms with Gasteiger partial charge in [0.1, 0.15) is 0 Å². The van der Waals surface area contributed by atoms with E-state index in [9.17, 15) is 0 Å². The quantitative estimate of drug-likeness (QED) is 0.656. The van der Waals surface area contributed by atoms with Crippen molar-refractivity contribution in [2.45, 2.75) is 25.0 Å². The van der Waals surface area contributed by atoms with Crippen molar-refractivity contribution < 1.29 is 0 Å². The van der Waals surface area contributed by atoms with E-state index in [2.05, 4.69) is 35.9 Å². The molecule has 1 saturated heterocycles. The predicted molar refractivity (Wildman–Crippen MR) is 61.5 cm³/mol. The fourth-order valence-corrected chi connectivity index (χ4v) is 2.73. The van der Waals surface area contributed by atoms with Crippen molar-refractivity contribution in [2.75, 3.05) is 39.0 Å². The highest BCUT2D eigenvalue weighted by Gasteiger charge is 2.14. The third-order valence-electron chi connectivity index (χ3n) is 2.61. The summed E-state index contributed by atoms with van der Waals surface area (Å²) in [6.45, 7) is 6.88. The molecule has 1 N–H and O–H groups in total. The molecule has 78 valence electrons. The lowest BCUT2D eigenvalue weighted by molar-refractivity contribution is 0.349. The molecule has 0 aromatic rings. The smallest absolute Gasteiger partial charge is 0.0172 e. The van der Waals surface area contributed by atoms with Gasteiger partial charge in [-0.3, -0.25) is 0 Å². The van der Waals surface area contributed by atoms with Gasteiger partial charge in [0.05, 0.1) is 0 Å². The number of nitrogens with zero attached hydrogens (tertiary/aromatic N) is 1. The molecule has 2 nitrogen and oxygen atoms in total. The van der Waals surface area contributed by atoms with Crippen LogP contribution in [0, 0.1) is 0 Å². The summed E-state index contributed by atoms with van der Waals surface area (Å²) in [7, 11) is 2.17. The van der Waals surface area contributed by atoms with Crippen LogP contribution in [0.2, 0.25) is 0 Å². The van der Waals surface area contributed by atoms with E-state index in [1.807, 2.05) is 0 Å². The lowest BCUT2D eigenvalue weighted by Crippen LogP contribution is -2.32. The summed E-state index contributed by atoms with van der Waals surface area (Å²) in [6.07, 6.45) is 2.84. The molecular weight excluding hydrogens is 180 g/mol. The van der Waals surface area contributed by atoms with Crippen molar-refractivity contribution in [3.8, 4) is 0 Å². The van der Waals surface area contributed by atoms with Crippen LogP contribution in [0.3, 0.4) is 0 Å². The van der Waals surface area contributed by atoms with Crippen molar-refractivity contribution in [1.82, 2.24) is 10.2 Å². The Bertz CT molecular complexity index is 124. The molecule has 1 rings (SSSR count). The largest absolute Gasteiger partial charge is 0.314 e. The summed E-state index contributed by atoms with van der Waals surface area (Å²) >= 11 is 2.13. The van der Waals surface area contributed by atoms with Crippen LogP contribution >= 0.6 is 11.8 Å². The van der Waals surface area contributed by atoms with Gasteiger partial charge in [-0.2, -0.15) is 11.8 Å². The Hall–Kier alpha value is 0.270. The van der Waals surface area contributed by atoms with Crippen molar-refractivity contribution in [3.05, 3.63) is 0 Å². The summed E-state index contributed by atoms with van der Waals surface area (Å²) < 4.78 is 0. The summed E-state index contributed by atoms with van der Waals surface area (Å²) in [6, 6.07) is 0. The number of nitrogens with one attached hydrogen (secondary N) is 1. The van der Waals surface area contributed by atoms with Crippen LogP contribution in [0.15, 0.2) is 0 Å². The molecule has 0 saturated carbocycles. The second-order valence-electron chi connectivity index (χ2n) is 3.74. The third-order valence-corrected chi connectivity index (χ3v) is 4.00. The maximum atomic E-state index is 3.53. The first-order chi connectivity index (χ1) is 6.33. The molecule has 0 spiro atoms. The molecule has 1 fully saturated rings. The number of rotatable bonds is 6. The highest BCUT2D eigenvalue weighted by molar-refractivity contribution is 8.00. The Morgan fingerprint density at radius 2 is 2.38 bits per heavy atom. The van der Waals surface area contributed by atoms with Crippen LogP contribution < -0.4 is 5.32 Å². The Morgan fingerprint density at radius 1 is 1.54 bits per heavy atom. The zero-order valence-electron chi connectivity index (χ0n) is 8.88. The van der Waals surface area contributed by atoms with E-state index in [1.165, 1.54) is 31.7 Å². The Kier molecular flexibility index (Phi) is 5.83. The van der Waals surface area contributed by atoms with Gasteiger partial charge in [0.15, 0.2) is 0 Å². The van der Waals surface area contributed by atoms with E-state index in [0.717, 1.165) is 18.3 Å². The summed E-state index contributed by atoms with van der Waals surface area (Å²) in [5.41, 5.74) is 0. The lowest BCUT2D eigenvalue weighted by Gasteiger charge is -2.15. The number of hydrogen-bond donors (Lipinski definition) is 1. The zero-order chi connectivity index (χ0) is 9.52. The Labute approximate surface area is 86.5 Å². The molecule has 1 aliphatic rings. The predicted octanol–water partition coefficient (Wildman–Crippen LogP) is 1.42. The standard InChI is InChI=1S/C10H22N2S/c1-3-12(2)7-6-11-9-10-5-4-8-13-10/h10-11H,3-9H2,1-2H3. The second kappa shape index (κ2) is 6.68. The molecular formula is C10H22N2S. The molecule has 1 aliphatic heterocycles. The van der Waals surface area contributed by atoms with E-state index < -0.39 is 0 Å². The first-order valence-corrected chi connectivity index (χ1v) is 6.38. The van der Waals surface area contributed by atoms with Gasteiger partial charge in [0, 0.05) is 24.9 Å². The highest BCUT2D eigenvalue weighted by Crippen LogP contribution is 2.24. The SMILES string of the molecule is CCN(C)CCNCC1CCCS1. The van der Waals surface area contributed by atoms with Crippen molar-refractivity contribution in [1.29, 1.82) is 0 Å². The van der Waals surface area contributed by atoms with Crippen molar-refractivity contribution in [3.63, 3.8) is 0 Å². The number of hydrogen-bond acceptors (Lipinski definition) is 3. The second-order valence-corrected chi connectivity index (χ2v) is 5.14. The van der Waals surface area contributed by atoms with Gasteiger partial charge in [-0.1, -0.05) is 6.92 Å². The van der Waals surface area contributed by atoms with Gasteiger partial charge in [0.2, 0.25) is 0 Å². The molecule has 1 atom stereocenters. The van der Waals surface area contributed by atoms with E-state index in [-0.39, 0.29) is 0 Å². The van der Waals surface area contributed by atoms with Crippen LogP contribution in [-0.2, 0) is 0 Å². The van der Waals surface area contributed by atoms with Crippen LogP contribution in [-0.4, -0.2) is 49.1 Å². The lowest BCUT2D eigenvalue weighted by atomic mass is 10.2. The minimum absolute atomic E-state index is 0.895. The molecule has 1 unspecified atom stereocenters. The molecule has 0 bridgehead atoms. The fraction of sp³-hybridized carbons (Fsp3) is 1.00. The summed E-state index contributed by atoms with van der Waals surface area (Å²) in [4.78, 5) is 2.34. The van der Waals surface area contributed by atoms with Crippen LogP contribution in [0.4, 0.5) is 0 Å². The molecule has 0 aromatic carbocycles. The fourth-order valence-electron chi connectivity index (χ4n) is 1.50. The average Bonchev–Trinajstić information content (AvgIpc) is 2.64. The van der Waals surface area contributed by atoms with Gasteiger partial charge >= 0.3 is 0 Å². The minimum Gasteiger partial charge on any atom is -0.314 e. The van der Waals surface area contributed by atoms with Gasteiger partial charge in [-0.05, 0) is 32.2 Å². The maximum absolute atomic E-state index is 3.53. The summed E-state index contributed by atoms with van der Waals surface area (Å²) in [5, 5.41) is 4.43. The molecule has 1 heterocycles. The van der Waals surface area contributed by atoms with Crippen LogP contribution in [0.1, 0.15) is 19.8 Å². The normalized spacial score (nSPS) is 22.8. The first kappa shape index (κ1) is 11.3. The van der Waals surface area contributed by atoms with Crippen LogP contribution in [0.25, 0.3) is 0 Å². The summed E-state index contributed by atoms with van der Waals surface area (Å²) in [5.74, 6) is 1.38. The van der Waals surface area contributed by atoms with Gasteiger partial charge in [0.25, 0.3) is 0 Å². The molecule has 0 aliphatic carbocycles. The molecule has 0 radical (unpaired) electrons. The van der Waals surface area contributed by atoms with Gasteiger partial charge in [-0.25, -0.2) is 0 Å². The highest BCUT2D eigenvalue weighted by atomic mass is 32.2. The monoisotopic (exact) mass is 202 g/mol. The van der Waals surface area contributed by atoms with Crippen LogP contribution in [0.5, 0.6) is 0 Å². The van der Waals surface area contributed by atoms with E-state index in [1.54, 1.807) is 0 Å². The van der Waals surface area contributed by atoms with Crippen molar-refractivity contribution >= 4 is 11.8 Å². The molecule has 0 aromatic heterocycles. The maximum Gasteiger partial charge on any atom is 0.0172 e. The van der Waals surface area contributed by atoms with E-state index in [4.69, 9.17) is 0 Å². The topological polar surface area (TPSA) is 15.3 Å². The molecule has 13 heavy (non-hydrogen) atoms. The van der Waals surface area contributed by atoms with E-state index >= 15 is 0 Å². The first-order valence-electron chi connectivity index (χ1n) is 5.33. The van der Waals surface area contributed by atoms with Crippen molar-refractivity contribution in [2.24, 2.45) is 0 Å².